The molecule has 2 heteroatoms. The summed E-state index contributed by atoms with van der Waals surface area (Å²) in [5, 5.41) is 0. The minimum absolute atomic E-state index is 0.0333. The summed E-state index contributed by atoms with van der Waals surface area (Å²) >= 11 is 0. The molecule has 0 N–H and O–H groups in total. The number of halogens is 2. The SMILES string of the molecule is C=C/C(=C\C=C(/C)C(CC)CC(C)Cc1ccccc1)C(C)(F)F. The predicted molar refractivity (Wildman–Crippen MR) is 100 cm³/mol. The summed E-state index contributed by atoms with van der Waals surface area (Å²) < 4.78 is 26.8. The number of benzene rings is 1. The maximum Gasteiger partial charge on any atom is 0.270 e. The molecule has 0 aliphatic carbocycles. The second-order valence-electron chi connectivity index (χ2n) is 6.76. The molecule has 0 fully saturated rings. The molecule has 24 heavy (non-hydrogen) atoms. The molecular weight excluding hydrogens is 302 g/mol. The number of hydrogen-bond acceptors (Lipinski definition) is 0. The molecule has 0 saturated heterocycles. The van der Waals surface area contributed by atoms with Gasteiger partial charge in [-0.15, -0.1) is 0 Å². The van der Waals surface area contributed by atoms with Gasteiger partial charge in [-0.05, 0) is 43.6 Å². The van der Waals surface area contributed by atoms with Crippen molar-refractivity contribution >= 4 is 0 Å². The first-order valence-corrected chi connectivity index (χ1v) is 8.71. The van der Waals surface area contributed by atoms with E-state index in [9.17, 15) is 8.78 Å². The normalized spacial score (nSPS) is 15.9. The smallest absolute Gasteiger partial charge is 0.202 e. The van der Waals surface area contributed by atoms with E-state index >= 15 is 0 Å². The van der Waals surface area contributed by atoms with Crippen LogP contribution in [0.2, 0.25) is 0 Å². The first-order valence-electron chi connectivity index (χ1n) is 8.71. The van der Waals surface area contributed by atoms with Gasteiger partial charge in [0.1, 0.15) is 0 Å². The van der Waals surface area contributed by atoms with Gasteiger partial charge in [-0.1, -0.05) is 74.6 Å². The largest absolute Gasteiger partial charge is 0.270 e. The van der Waals surface area contributed by atoms with Crippen LogP contribution in [0, 0.1) is 11.8 Å². The van der Waals surface area contributed by atoms with Crippen LogP contribution in [0.5, 0.6) is 0 Å². The van der Waals surface area contributed by atoms with E-state index in [4.69, 9.17) is 0 Å². The highest BCUT2D eigenvalue weighted by molar-refractivity contribution is 5.29. The Balaban J connectivity index is 2.75. The van der Waals surface area contributed by atoms with Crippen LogP contribution in [0.4, 0.5) is 8.78 Å². The van der Waals surface area contributed by atoms with Crippen molar-refractivity contribution in [3.8, 4) is 0 Å². The standard InChI is InChI=1S/C22H30F2/c1-6-20(16-17(3)15-19-11-9-8-10-12-19)18(4)13-14-21(7-2)22(5,23)24/h7-14,17,20H,2,6,15-16H2,1,3-5H3/b18-13+,21-14+. The Bertz CT molecular complexity index is 561. The fourth-order valence-corrected chi connectivity index (χ4v) is 3.01. The Labute approximate surface area is 146 Å². The van der Waals surface area contributed by atoms with Crippen molar-refractivity contribution < 1.29 is 8.78 Å². The number of hydrogen-bond donors (Lipinski definition) is 0. The third-order valence-corrected chi connectivity index (χ3v) is 4.50. The Hall–Kier alpha value is -1.70. The minimum Gasteiger partial charge on any atom is -0.202 e. The summed E-state index contributed by atoms with van der Waals surface area (Å²) in [6.07, 6.45) is 7.70. The zero-order chi connectivity index (χ0) is 18.2. The van der Waals surface area contributed by atoms with E-state index in [0.717, 1.165) is 31.8 Å². The molecule has 0 nitrogen and oxygen atoms in total. The lowest BCUT2D eigenvalue weighted by atomic mass is 9.85. The highest BCUT2D eigenvalue weighted by Gasteiger charge is 2.24. The second-order valence-corrected chi connectivity index (χ2v) is 6.76. The molecule has 1 aromatic carbocycles. The van der Waals surface area contributed by atoms with Gasteiger partial charge < -0.3 is 0 Å². The van der Waals surface area contributed by atoms with Crippen LogP contribution < -0.4 is 0 Å². The van der Waals surface area contributed by atoms with Crippen molar-refractivity contribution in [1.82, 2.24) is 0 Å². The van der Waals surface area contributed by atoms with Crippen LogP contribution in [0.25, 0.3) is 0 Å². The molecule has 0 radical (unpaired) electrons. The monoisotopic (exact) mass is 332 g/mol. The predicted octanol–water partition coefficient (Wildman–Crippen LogP) is 7.00. The maximum atomic E-state index is 13.4. The van der Waals surface area contributed by atoms with Crippen LogP contribution in [0.3, 0.4) is 0 Å². The summed E-state index contributed by atoms with van der Waals surface area (Å²) in [7, 11) is 0. The van der Waals surface area contributed by atoms with E-state index in [2.05, 4.69) is 44.7 Å². The third kappa shape index (κ3) is 6.82. The lowest BCUT2D eigenvalue weighted by Crippen LogP contribution is -2.12. The average molecular weight is 332 g/mol. The van der Waals surface area contributed by atoms with E-state index < -0.39 is 5.92 Å². The van der Waals surface area contributed by atoms with Crippen LogP contribution in [-0.4, -0.2) is 5.92 Å². The highest BCUT2D eigenvalue weighted by Crippen LogP contribution is 2.27. The fourth-order valence-electron chi connectivity index (χ4n) is 3.01. The van der Waals surface area contributed by atoms with Gasteiger partial charge in [-0.2, -0.15) is 0 Å². The molecule has 2 unspecified atom stereocenters. The molecule has 1 aromatic rings. The quantitative estimate of drug-likeness (QED) is 0.427. The van der Waals surface area contributed by atoms with Crippen LogP contribution in [0.1, 0.15) is 46.1 Å². The molecule has 0 saturated carbocycles. The van der Waals surface area contributed by atoms with Gasteiger partial charge in [0.15, 0.2) is 0 Å². The molecule has 0 aliphatic heterocycles. The summed E-state index contributed by atoms with van der Waals surface area (Å²) in [6, 6.07) is 10.5. The van der Waals surface area contributed by atoms with Gasteiger partial charge in [0, 0.05) is 12.5 Å². The molecule has 0 heterocycles. The Morgan fingerprint density at radius 1 is 1.21 bits per heavy atom. The third-order valence-electron chi connectivity index (χ3n) is 4.50. The summed E-state index contributed by atoms with van der Waals surface area (Å²) in [4.78, 5) is 0. The molecule has 0 aliphatic rings. The van der Waals surface area contributed by atoms with Gasteiger partial charge in [-0.25, -0.2) is 8.78 Å². The van der Waals surface area contributed by atoms with Crippen LogP contribution in [0.15, 0.2) is 66.3 Å². The molecule has 1 rings (SSSR count). The molecule has 0 amide bonds. The second kappa shape index (κ2) is 9.56. The topological polar surface area (TPSA) is 0 Å². The first-order chi connectivity index (χ1) is 11.3. The number of alkyl halides is 2. The van der Waals surface area contributed by atoms with Crippen molar-refractivity contribution in [2.45, 2.75) is 52.9 Å². The van der Waals surface area contributed by atoms with Crippen LogP contribution >= 0.6 is 0 Å². The van der Waals surface area contributed by atoms with Gasteiger partial charge in [0.25, 0.3) is 5.92 Å². The summed E-state index contributed by atoms with van der Waals surface area (Å²) in [6.45, 7) is 10.8. The number of rotatable bonds is 9. The Kier molecular flexibility index (Phi) is 8.10. The molecule has 132 valence electrons. The van der Waals surface area contributed by atoms with Crippen LogP contribution in [-0.2, 0) is 6.42 Å². The Morgan fingerprint density at radius 3 is 2.33 bits per heavy atom. The Morgan fingerprint density at radius 2 is 1.83 bits per heavy atom. The first kappa shape index (κ1) is 20.3. The zero-order valence-corrected chi connectivity index (χ0v) is 15.4. The molecule has 0 bridgehead atoms. The van der Waals surface area contributed by atoms with Gasteiger partial charge in [0.05, 0.1) is 0 Å². The van der Waals surface area contributed by atoms with E-state index in [-0.39, 0.29) is 5.57 Å². The molecular formula is C22H30F2. The van der Waals surface area contributed by atoms with Gasteiger partial charge in [0.2, 0.25) is 0 Å². The fraction of sp³-hybridized carbons (Fsp3) is 0.455. The summed E-state index contributed by atoms with van der Waals surface area (Å²) in [5.41, 5.74) is 2.47. The van der Waals surface area contributed by atoms with E-state index in [1.54, 1.807) is 0 Å². The lowest BCUT2D eigenvalue weighted by Gasteiger charge is -2.21. The molecule has 0 aromatic heterocycles. The van der Waals surface area contributed by atoms with Crippen molar-refractivity contribution in [3.63, 3.8) is 0 Å². The van der Waals surface area contributed by atoms with E-state index in [0.29, 0.717) is 11.8 Å². The van der Waals surface area contributed by atoms with Gasteiger partial charge in [-0.3, -0.25) is 0 Å². The van der Waals surface area contributed by atoms with Crippen molar-refractivity contribution in [1.29, 1.82) is 0 Å². The van der Waals surface area contributed by atoms with Gasteiger partial charge >= 0.3 is 0 Å². The number of allylic oxidation sites excluding steroid dienone is 5. The molecule has 0 spiro atoms. The van der Waals surface area contributed by atoms with E-state index in [1.807, 2.05) is 19.1 Å². The maximum absolute atomic E-state index is 13.4. The zero-order valence-electron chi connectivity index (χ0n) is 15.4. The van der Waals surface area contributed by atoms with Crippen molar-refractivity contribution in [2.24, 2.45) is 11.8 Å². The average Bonchev–Trinajstić information content (AvgIpc) is 2.52. The van der Waals surface area contributed by atoms with E-state index in [1.165, 1.54) is 17.7 Å². The van der Waals surface area contributed by atoms with Crippen molar-refractivity contribution in [3.05, 3.63) is 71.8 Å². The molecule has 2 atom stereocenters. The summed E-state index contributed by atoms with van der Waals surface area (Å²) in [5.74, 6) is -1.88. The highest BCUT2D eigenvalue weighted by atomic mass is 19.3. The van der Waals surface area contributed by atoms with Crippen molar-refractivity contribution in [2.75, 3.05) is 0 Å². The minimum atomic E-state index is -2.85. The lowest BCUT2D eigenvalue weighted by molar-refractivity contribution is 0.0676.